The van der Waals surface area contributed by atoms with Crippen LogP contribution in [0, 0.1) is 0 Å². The molecule has 1 unspecified atom stereocenters. The van der Waals surface area contributed by atoms with E-state index in [1.54, 1.807) is 22.3 Å². The Morgan fingerprint density at radius 2 is 2.21 bits per heavy atom. The molecule has 4 rings (SSSR count). The molecule has 0 amide bonds. The molecule has 1 aromatic rings. The van der Waals surface area contributed by atoms with Crippen LogP contribution in [0.5, 0.6) is 0 Å². The van der Waals surface area contributed by atoms with Gasteiger partial charge in [-0.2, -0.15) is 0 Å². The van der Waals surface area contributed by atoms with E-state index < -0.39 is 0 Å². The van der Waals surface area contributed by atoms with E-state index in [0.29, 0.717) is 6.04 Å². The normalized spacial score (nSPS) is 23.1. The fourth-order valence-corrected chi connectivity index (χ4v) is 4.06. The molecular formula is C18H21N. The third-order valence-electron chi connectivity index (χ3n) is 4.83. The first-order chi connectivity index (χ1) is 9.40. The van der Waals surface area contributed by atoms with E-state index >= 15 is 0 Å². The van der Waals surface area contributed by atoms with Crippen molar-refractivity contribution in [2.24, 2.45) is 0 Å². The molecule has 0 radical (unpaired) electrons. The zero-order chi connectivity index (χ0) is 12.8. The lowest BCUT2D eigenvalue weighted by Crippen LogP contribution is -2.32. The molecule has 0 fully saturated rings. The lowest BCUT2D eigenvalue weighted by molar-refractivity contribution is 0.705. The largest absolute Gasteiger partial charge is 0.364 e. The van der Waals surface area contributed by atoms with Crippen LogP contribution in [0.1, 0.15) is 42.9 Å². The maximum atomic E-state index is 2.64. The predicted octanol–water partition coefficient (Wildman–Crippen LogP) is 4.12. The highest BCUT2D eigenvalue weighted by atomic mass is 15.2. The highest BCUT2D eigenvalue weighted by molar-refractivity contribution is 5.91. The molecule has 0 saturated carbocycles. The van der Waals surface area contributed by atoms with Gasteiger partial charge in [0.25, 0.3) is 0 Å². The molecular weight excluding hydrogens is 230 g/mol. The topological polar surface area (TPSA) is 3.24 Å². The lowest BCUT2D eigenvalue weighted by Gasteiger charge is -2.27. The number of anilines is 1. The van der Waals surface area contributed by atoms with E-state index in [4.69, 9.17) is 0 Å². The van der Waals surface area contributed by atoms with E-state index in [1.165, 1.54) is 44.3 Å². The number of nitrogens with zero attached hydrogens (tertiary/aromatic N) is 1. The fraction of sp³-hybridized carbons (Fsp3) is 0.444. The molecule has 1 aromatic carbocycles. The van der Waals surface area contributed by atoms with Gasteiger partial charge in [-0.15, -0.1) is 0 Å². The maximum absolute atomic E-state index is 2.64. The summed E-state index contributed by atoms with van der Waals surface area (Å²) < 4.78 is 0. The third kappa shape index (κ3) is 1.54. The first-order valence-electron chi connectivity index (χ1n) is 7.68. The summed E-state index contributed by atoms with van der Waals surface area (Å²) in [6, 6.07) is 5.37. The number of benzene rings is 1. The average Bonchev–Trinajstić information content (AvgIpc) is 3.02. The van der Waals surface area contributed by atoms with Crippen LogP contribution in [0.2, 0.25) is 0 Å². The quantitative estimate of drug-likeness (QED) is 0.764. The summed E-state index contributed by atoms with van der Waals surface area (Å²) in [6.07, 6.45) is 13.2. The Bertz CT molecular complexity index is 580. The summed E-state index contributed by atoms with van der Waals surface area (Å²) in [5.74, 6) is 0. The van der Waals surface area contributed by atoms with Gasteiger partial charge >= 0.3 is 0 Å². The van der Waals surface area contributed by atoms with E-state index in [9.17, 15) is 0 Å². The molecule has 1 nitrogen and oxygen atoms in total. The van der Waals surface area contributed by atoms with Crippen molar-refractivity contribution in [2.75, 3.05) is 11.4 Å². The van der Waals surface area contributed by atoms with Crippen molar-refractivity contribution in [3.8, 4) is 0 Å². The standard InChI is InChI=1S/C18H21N/c1-2-12-19-16-9-4-3-7-15(16)18-14-8-5-6-13(14)10-11-17(18)19/h3-4,7,10-11,16H,2,5-6,8-9,12H2,1H3. The smallest absolute Gasteiger partial charge is 0.0583 e. The summed E-state index contributed by atoms with van der Waals surface area (Å²) in [7, 11) is 0. The molecule has 98 valence electrons. The zero-order valence-electron chi connectivity index (χ0n) is 11.7. The molecule has 3 aliphatic rings. The Balaban J connectivity index is 1.92. The molecule has 0 spiro atoms. The van der Waals surface area contributed by atoms with Crippen LogP contribution in [0.4, 0.5) is 5.69 Å². The van der Waals surface area contributed by atoms with Crippen LogP contribution < -0.4 is 4.90 Å². The minimum atomic E-state index is 0.604. The van der Waals surface area contributed by atoms with Gasteiger partial charge in [-0.3, -0.25) is 0 Å². The molecule has 2 aliphatic carbocycles. The van der Waals surface area contributed by atoms with Crippen molar-refractivity contribution in [3.63, 3.8) is 0 Å². The molecule has 1 aliphatic heterocycles. The van der Waals surface area contributed by atoms with E-state index in [0.717, 1.165) is 0 Å². The van der Waals surface area contributed by atoms with Gasteiger partial charge in [0.2, 0.25) is 0 Å². The van der Waals surface area contributed by atoms with Gasteiger partial charge in [0, 0.05) is 17.8 Å². The number of allylic oxidation sites excluding steroid dienone is 2. The highest BCUT2D eigenvalue weighted by Gasteiger charge is 2.36. The van der Waals surface area contributed by atoms with Crippen molar-refractivity contribution >= 4 is 11.3 Å². The van der Waals surface area contributed by atoms with E-state index in [-0.39, 0.29) is 0 Å². The fourth-order valence-electron chi connectivity index (χ4n) is 4.06. The second-order valence-corrected chi connectivity index (χ2v) is 5.95. The van der Waals surface area contributed by atoms with Crippen molar-refractivity contribution in [3.05, 3.63) is 47.1 Å². The number of fused-ring (bicyclic) bond motifs is 5. The highest BCUT2D eigenvalue weighted by Crippen LogP contribution is 2.47. The minimum Gasteiger partial charge on any atom is -0.364 e. The molecule has 19 heavy (non-hydrogen) atoms. The molecule has 0 bridgehead atoms. The second-order valence-electron chi connectivity index (χ2n) is 5.95. The van der Waals surface area contributed by atoms with Gasteiger partial charge in [0.15, 0.2) is 0 Å². The van der Waals surface area contributed by atoms with Crippen LogP contribution in [-0.4, -0.2) is 12.6 Å². The Hall–Kier alpha value is -1.50. The average molecular weight is 251 g/mol. The first-order valence-corrected chi connectivity index (χ1v) is 7.68. The second kappa shape index (κ2) is 4.26. The number of hydrogen-bond donors (Lipinski definition) is 0. The van der Waals surface area contributed by atoms with Gasteiger partial charge in [-0.05, 0) is 54.9 Å². The van der Waals surface area contributed by atoms with Crippen molar-refractivity contribution in [2.45, 2.75) is 45.1 Å². The molecule has 1 heteroatoms. The van der Waals surface area contributed by atoms with Crippen LogP contribution >= 0.6 is 0 Å². The zero-order valence-corrected chi connectivity index (χ0v) is 11.7. The van der Waals surface area contributed by atoms with Gasteiger partial charge in [0.1, 0.15) is 0 Å². The Morgan fingerprint density at radius 3 is 3.11 bits per heavy atom. The van der Waals surface area contributed by atoms with Crippen LogP contribution in [0.25, 0.3) is 5.57 Å². The van der Waals surface area contributed by atoms with Crippen molar-refractivity contribution in [1.29, 1.82) is 0 Å². The predicted molar refractivity (Wildman–Crippen MR) is 81.6 cm³/mol. The Morgan fingerprint density at radius 1 is 1.26 bits per heavy atom. The Kier molecular flexibility index (Phi) is 2.54. The lowest BCUT2D eigenvalue weighted by atomic mass is 9.91. The van der Waals surface area contributed by atoms with Gasteiger partial charge in [-0.1, -0.05) is 31.2 Å². The van der Waals surface area contributed by atoms with Crippen LogP contribution in [-0.2, 0) is 12.8 Å². The van der Waals surface area contributed by atoms with Crippen molar-refractivity contribution in [1.82, 2.24) is 0 Å². The maximum Gasteiger partial charge on any atom is 0.0583 e. The first kappa shape index (κ1) is 11.3. The monoisotopic (exact) mass is 251 g/mol. The minimum absolute atomic E-state index is 0.604. The molecule has 0 aromatic heterocycles. The molecule has 0 saturated heterocycles. The summed E-state index contributed by atoms with van der Waals surface area (Å²) in [4.78, 5) is 2.64. The number of hydrogen-bond acceptors (Lipinski definition) is 1. The summed E-state index contributed by atoms with van der Waals surface area (Å²) in [6.45, 7) is 3.47. The van der Waals surface area contributed by atoms with Crippen molar-refractivity contribution < 1.29 is 0 Å². The van der Waals surface area contributed by atoms with E-state index in [2.05, 4.69) is 42.2 Å². The number of aryl methyl sites for hydroxylation is 1. The summed E-state index contributed by atoms with van der Waals surface area (Å²) in [5.41, 5.74) is 7.94. The molecule has 1 heterocycles. The van der Waals surface area contributed by atoms with Gasteiger partial charge in [-0.25, -0.2) is 0 Å². The summed E-state index contributed by atoms with van der Waals surface area (Å²) in [5, 5.41) is 0. The van der Waals surface area contributed by atoms with E-state index in [1.807, 2.05) is 0 Å². The van der Waals surface area contributed by atoms with Gasteiger partial charge in [0.05, 0.1) is 6.04 Å². The SMILES string of the molecule is CCCN1c2ccc3c(c2C2=CC=CCC21)CCC3. The number of rotatable bonds is 2. The van der Waals surface area contributed by atoms with Crippen LogP contribution in [0.3, 0.4) is 0 Å². The Labute approximate surface area is 115 Å². The van der Waals surface area contributed by atoms with Gasteiger partial charge < -0.3 is 4.90 Å². The molecule has 0 N–H and O–H groups in total. The van der Waals surface area contributed by atoms with Crippen LogP contribution in [0.15, 0.2) is 30.4 Å². The summed E-state index contributed by atoms with van der Waals surface area (Å²) >= 11 is 0. The molecule has 1 atom stereocenters. The third-order valence-corrected chi connectivity index (χ3v) is 4.83.